The number of allylic oxidation sites excluding steroid dienone is 18. The van der Waals surface area contributed by atoms with E-state index in [-0.39, 0.29) is 31.1 Å². The first-order valence-electron chi connectivity index (χ1n) is 34.9. The van der Waals surface area contributed by atoms with E-state index >= 15 is 0 Å². The van der Waals surface area contributed by atoms with Gasteiger partial charge in [0.25, 0.3) is 0 Å². The normalized spacial score (nSPS) is 12.8. The molecule has 0 aliphatic rings. The molecule has 0 saturated carbocycles. The molecule has 0 rings (SSSR count). The number of carbonyl (C=O) groups excluding carboxylic acids is 3. The van der Waals surface area contributed by atoms with Crippen LogP contribution < -0.4 is 0 Å². The SMILES string of the molecule is CC/C=C\C/C=C\C/C=C\C/C=C\C/C=C\C/C=C\C/C=C\CCCCCCCCCCCCCCCC(=O)OCC(COC(=O)CCCCCCC/C=C\CCCCC)OC(=O)CCCCCCCCC/C=C\CCCCCCCC. The van der Waals surface area contributed by atoms with Crippen molar-refractivity contribution in [2.24, 2.45) is 0 Å². The predicted octanol–water partition coefficient (Wildman–Crippen LogP) is 24.2. The fourth-order valence-electron chi connectivity index (χ4n) is 9.77. The highest BCUT2D eigenvalue weighted by molar-refractivity contribution is 5.71. The highest BCUT2D eigenvalue weighted by Gasteiger charge is 2.19. The van der Waals surface area contributed by atoms with Crippen LogP contribution in [0.2, 0.25) is 0 Å². The van der Waals surface area contributed by atoms with Gasteiger partial charge in [-0.15, -0.1) is 0 Å². The number of unbranched alkanes of at least 4 members (excludes halogenated alkanes) is 34. The van der Waals surface area contributed by atoms with E-state index < -0.39 is 6.10 Å². The lowest BCUT2D eigenvalue weighted by Crippen LogP contribution is -2.30. The molecule has 0 aromatic heterocycles. The van der Waals surface area contributed by atoms with Gasteiger partial charge in [0.2, 0.25) is 0 Å². The molecular formula is C76H130O6. The summed E-state index contributed by atoms with van der Waals surface area (Å²) in [6, 6.07) is 0. The number of rotatable bonds is 63. The lowest BCUT2D eigenvalue weighted by Gasteiger charge is -2.18. The van der Waals surface area contributed by atoms with E-state index in [2.05, 4.69) is 130 Å². The molecule has 0 heterocycles. The van der Waals surface area contributed by atoms with Crippen molar-refractivity contribution < 1.29 is 28.6 Å². The Morgan fingerprint density at radius 3 is 0.780 bits per heavy atom. The van der Waals surface area contributed by atoms with Crippen molar-refractivity contribution in [1.29, 1.82) is 0 Å². The van der Waals surface area contributed by atoms with Crippen molar-refractivity contribution in [3.05, 3.63) is 109 Å². The van der Waals surface area contributed by atoms with Gasteiger partial charge in [0.1, 0.15) is 13.2 Å². The van der Waals surface area contributed by atoms with Gasteiger partial charge in [0.15, 0.2) is 6.10 Å². The van der Waals surface area contributed by atoms with Crippen LogP contribution >= 0.6 is 0 Å². The quantitative estimate of drug-likeness (QED) is 0.0261. The minimum Gasteiger partial charge on any atom is -0.462 e. The molecule has 0 spiro atoms. The van der Waals surface area contributed by atoms with Crippen LogP contribution in [0.4, 0.5) is 0 Å². The molecule has 0 aromatic rings. The third-order valence-corrected chi connectivity index (χ3v) is 15.0. The van der Waals surface area contributed by atoms with Crippen molar-refractivity contribution in [3.63, 3.8) is 0 Å². The van der Waals surface area contributed by atoms with Crippen molar-refractivity contribution in [2.45, 2.75) is 341 Å². The Morgan fingerprint density at radius 2 is 0.476 bits per heavy atom. The molecule has 6 heteroatoms. The van der Waals surface area contributed by atoms with Crippen LogP contribution in [0, 0.1) is 0 Å². The monoisotopic (exact) mass is 1140 g/mol. The van der Waals surface area contributed by atoms with Gasteiger partial charge < -0.3 is 14.2 Å². The summed E-state index contributed by atoms with van der Waals surface area (Å²) in [6.07, 6.45) is 95.4. The number of ether oxygens (including phenoxy) is 3. The molecule has 0 N–H and O–H groups in total. The summed E-state index contributed by atoms with van der Waals surface area (Å²) in [7, 11) is 0. The van der Waals surface area contributed by atoms with Gasteiger partial charge in [-0.25, -0.2) is 0 Å². The second-order valence-electron chi connectivity index (χ2n) is 23.1. The largest absolute Gasteiger partial charge is 0.462 e. The maximum atomic E-state index is 12.9. The molecule has 0 saturated heterocycles. The fourth-order valence-corrected chi connectivity index (χ4v) is 9.77. The third kappa shape index (κ3) is 66.9. The highest BCUT2D eigenvalue weighted by atomic mass is 16.6. The molecule has 1 unspecified atom stereocenters. The summed E-state index contributed by atoms with van der Waals surface area (Å²) in [6.45, 7) is 6.51. The maximum Gasteiger partial charge on any atom is 0.306 e. The molecule has 0 aliphatic heterocycles. The molecule has 0 fully saturated rings. The minimum atomic E-state index is -0.784. The topological polar surface area (TPSA) is 78.9 Å². The number of carbonyl (C=O) groups is 3. The van der Waals surface area contributed by atoms with Crippen LogP contribution in [0.5, 0.6) is 0 Å². The number of esters is 3. The number of hydrogen-bond acceptors (Lipinski definition) is 6. The second kappa shape index (κ2) is 69.6. The zero-order chi connectivity index (χ0) is 59.2. The van der Waals surface area contributed by atoms with Crippen LogP contribution in [0.15, 0.2) is 109 Å². The Balaban J connectivity index is 4.18. The highest BCUT2D eigenvalue weighted by Crippen LogP contribution is 2.17. The molecule has 1 atom stereocenters. The molecule has 0 bridgehead atoms. The molecule has 0 amide bonds. The Kier molecular flexibility index (Phi) is 66.2. The van der Waals surface area contributed by atoms with Crippen LogP contribution in [0.1, 0.15) is 335 Å². The summed E-state index contributed by atoms with van der Waals surface area (Å²) in [4.78, 5) is 38.3. The first-order valence-corrected chi connectivity index (χ1v) is 34.9. The van der Waals surface area contributed by atoms with Gasteiger partial charge in [0.05, 0.1) is 0 Å². The smallest absolute Gasteiger partial charge is 0.306 e. The zero-order valence-electron chi connectivity index (χ0n) is 54.0. The van der Waals surface area contributed by atoms with Crippen molar-refractivity contribution >= 4 is 17.9 Å². The lowest BCUT2D eigenvalue weighted by molar-refractivity contribution is -0.167. The number of hydrogen-bond donors (Lipinski definition) is 0. The Morgan fingerprint density at radius 1 is 0.256 bits per heavy atom. The summed E-state index contributed by atoms with van der Waals surface area (Å²) in [5, 5.41) is 0. The Hall–Kier alpha value is -3.93. The zero-order valence-corrected chi connectivity index (χ0v) is 54.0. The van der Waals surface area contributed by atoms with Crippen LogP contribution in [0.3, 0.4) is 0 Å². The van der Waals surface area contributed by atoms with Gasteiger partial charge in [-0.2, -0.15) is 0 Å². The van der Waals surface area contributed by atoms with E-state index in [9.17, 15) is 14.4 Å². The minimum absolute atomic E-state index is 0.0806. The molecule has 0 aliphatic carbocycles. The Labute approximate surface area is 508 Å². The molecule has 470 valence electrons. The summed E-state index contributed by atoms with van der Waals surface area (Å²) in [5.74, 6) is -0.883. The second-order valence-corrected chi connectivity index (χ2v) is 23.1. The van der Waals surface area contributed by atoms with E-state index in [0.717, 1.165) is 109 Å². The van der Waals surface area contributed by atoms with Crippen LogP contribution in [-0.2, 0) is 28.6 Å². The first kappa shape index (κ1) is 78.1. The third-order valence-electron chi connectivity index (χ3n) is 15.0. The van der Waals surface area contributed by atoms with E-state index in [1.165, 1.54) is 186 Å². The Bertz CT molecular complexity index is 1640. The van der Waals surface area contributed by atoms with Gasteiger partial charge in [-0.05, 0) is 128 Å². The van der Waals surface area contributed by atoms with Crippen LogP contribution in [-0.4, -0.2) is 37.2 Å². The standard InChI is InChI=1S/C76H130O6/c1-4-7-10-13-16-19-22-25-27-29-30-31-32-33-34-35-36-37-38-39-40-41-42-43-44-45-46-48-49-51-54-57-60-63-66-69-75(78)81-72-73(71-80-74(77)68-65-62-59-56-53-24-21-18-15-12-9-6-3)82-76(79)70-67-64-61-58-55-52-50-47-28-26-23-20-17-14-11-8-5-2/h7,10,16,18-19,21,25-28,30-31,33-34,36-37,39-40,73H,4-6,8-9,11-15,17,20,22-24,29,32,35,38,41-72H2,1-3H3/b10-7-,19-16-,21-18-,27-25-,28-26-,31-30-,34-33-,37-36-,40-39-. The maximum absolute atomic E-state index is 12.9. The van der Waals surface area contributed by atoms with Crippen molar-refractivity contribution in [2.75, 3.05) is 13.2 Å². The van der Waals surface area contributed by atoms with Gasteiger partial charge >= 0.3 is 17.9 Å². The fraction of sp³-hybridized carbons (Fsp3) is 0.724. The summed E-state index contributed by atoms with van der Waals surface area (Å²) < 4.78 is 16.9. The molecule has 82 heavy (non-hydrogen) atoms. The summed E-state index contributed by atoms with van der Waals surface area (Å²) in [5.41, 5.74) is 0. The van der Waals surface area contributed by atoms with Gasteiger partial charge in [-0.3, -0.25) is 14.4 Å². The average Bonchev–Trinajstić information content (AvgIpc) is 3.47. The predicted molar refractivity (Wildman–Crippen MR) is 357 cm³/mol. The van der Waals surface area contributed by atoms with Crippen molar-refractivity contribution in [3.8, 4) is 0 Å². The summed E-state index contributed by atoms with van der Waals surface area (Å²) >= 11 is 0. The lowest BCUT2D eigenvalue weighted by atomic mass is 10.0. The van der Waals surface area contributed by atoms with E-state index in [4.69, 9.17) is 14.2 Å². The molecular weight excluding hydrogens is 1010 g/mol. The molecule has 0 radical (unpaired) electrons. The molecule has 0 aromatic carbocycles. The van der Waals surface area contributed by atoms with Crippen molar-refractivity contribution in [1.82, 2.24) is 0 Å². The first-order chi connectivity index (χ1) is 40.5. The van der Waals surface area contributed by atoms with Crippen LogP contribution in [0.25, 0.3) is 0 Å². The van der Waals surface area contributed by atoms with E-state index in [1.54, 1.807) is 0 Å². The van der Waals surface area contributed by atoms with E-state index in [0.29, 0.717) is 19.3 Å². The average molecular weight is 1140 g/mol. The van der Waals surface area contributed by atoms with E-state index in [1.807, 2.05) is 0 Å². The van der Waals surface area contributed by atoms with Gasteiger partial charge in [-0.1, -0.05) is 297 Å². The van der Waals surface area contributed by atoms with Gasteiger partial charge in [0, 0.05) is 19.3 Å². The molecule has 6 nitrogen and oxygen atoms in total.